The number of aromatic hydroxyl groups is 1. The Labute approximate surface area is 173 Å². The number of amides is 1. The molecule has 0 spiro atoms. The molecule has 2 N–H and O–H groups in total. The first-order valence-corrected chi connectivity index (χ1v) is 9.20. The molecule has 0 saturated heterocycles. The SMILES string of the molecule is Cc1ccc(C(=O)Nc2ccc(O)cc2)cc1Oc1ncccc1-c1ccncn1. The van der Waals surface area contributed by atoms with Crippen molar-refractivity contribution < 1.29 is 14.6 Å². The third-order valence-electron chi connectivity index (χ3n) is 4.41. The van der Waals surface area contributed by atoms with Crippen molar-refractivity contribution >= 4 is 11.6 Å². The summed E-state index contributed by atoms with van der Waals surface area (Å²) in [6, 6.07) is 16.9. The molecule has 2 aromatic heterocycles. The summed E-state index contributed by atoms with van der Waals surface area (Å²) in [4.78, 5) is 25.2. The Kier molecular flexibility index (Phi) is 5.34. The standard InChI is InChI=1S/C23H18N4O3/c1-15-4-5-16(22(29)27-17-6-8-18(28)9-7-17)13-21(15)30-23-19(3-2-11-25-23)20-10-12-24-14-26-20/h2-14,28H,1H3,(H,27,29). The number of hydrogen-bond donors (Lipinski definition) is 2. The molecule has 4 aromatic rings. The van der Waals surface area contributed by atoms with E-state index in [1.54, 1.807) is 48.8 Å². The Hall–Kier alpha value is -4.26. The minimum atomic E-state index is -0.289. The van der Waals surface area contributed by atoms with Crippen LogP contribution < -0.4 is 10.1 Å². The van der Waals surface area contributed by atoms with E-state index >= 15 is 0 Å². The monoisotopic (exact) mass is 398 g/mol. The predicted octanol–water partition coefficient (Wildman–Crippen LogP) is 4.60. The van der Waals surface area contributed by atoms with Crippen LogP contribution in [0.4, 0.5) is 5.69 Å². The van der Waals surface area contributed by atoms with Crippen molar-refractivity contribution in [3.8, 4) is 28.6 Å². The molecule has 30 heavy (non-hydrogen) atoms. The lowest BCUT2D eigenvalue weighted by Crippen LogP contribution is -2.12. The zero-order chi connectivity index (χ0) is 20.9. The van der Waals surface area contributed by atoms with Crippen LogP contribution in [-0.4, -0.2) is 26.0 Å². The van der Waals surface area contributed by atoms with E-state index in [9.17, 15) is 9.90 Å². The summed E-state index contributed by atoms with van der Waals surface area (Å²) in [5.41, 5.74) is 3.28. The molecule has 7 heteroatoms. The summed E-state index contributed by atoms with van der Waals surface area (Å²) in [5, 5.41) is 12.2. The molecule has 0 unspecified atom stereocenters. The van der Waals surface area contributed by atoms with E-state index in [1.165, 1.54) is 18.5 Å². The van der Waals surface area contributed by atoms with Crippen LogP contribution in [0.25, 0.3) is 11.3 Å². The fourth-order valence-electron chi connectivity index (χ4n) is 2.82. The molecule has 0 radical (unpaired) electrons. The van der Waals surface area contributed by atoms with Crippen molar-refractivity contribution in [1.82, 2.24) is 15.0 Å². The van der Waals surface area contributed by atoms with E-state index < -0.39 is 0 Å². The maximum Gasteiger partial charge on any atom is 0.255 e. The lowest BCUT2D eigenvalue weighted by Gasteiger charge is -2.13. The molecule has 0 fully saturated rings. The highest BCUT2D eigenvalue weighted by atomic mass is 16.5. The molecule has 2 aromatic carbocycles. The number of pyridine rings is 1. The molecule has 0 aliphatic heterocycles. The highest BCUT2D eigenvalue weighted by molar-refractivity contribution is 6.04. The van der Waals surface area contributed by atoms with Crippen molar-refractivity contribution in [2.24, 2.45) is 0 Å². The van der Waals surface area contributed by atoms with Crippen molar-refractivity contribution in [3.05, 3.63) is 90.5 Å². The largest absolute Gasteiger partial charge is 0.508 e. The minimum absolute atomic E-state index is 0.133. The summed E-state index contributed by atoms with van der Waals surface area (Å²) in [7, 11) is 0. The maximum atomic E-state index is 12.6. The van der Waals surface area contributed by atoms with Gasteiger partial charge in [0.15, 0.2) is 0 Å². The van der Waals surface area contributed by atoms with Gasteiger partial charge in [-0.2, -0.15) is 0 Å². The summed E-state index contributed by atoms with van der Waals surface area (Å²) in [6.07, 6.45) is 4.75. The molecule has 2 heterocycles. The van der Waals surface area contributed by atoms with Gasteiger partial charge in [0.2, 0.25) is 5.88 Å². The summed E-state index contributed by atoms with van der Waals surface area (Å²) in [5.74, 6) is 0.745. The highest BCUT2D eigenvalue weighted by Gasteiger charge is 2.14. The number of phenolic OH excluding ortho intramolecular Hbond substituents is 1. The normalized spacial score (nSPS) is 10.4. The number of aromatic nitrogens is 3. The van der Waals surface area contributed by atoms with Gasteiger partial charge in [-0.15, -0.1) is 0 Å². The molecule has 7 nitrogen and oxygen atoms in total. The zero-order valence-corrected chi connectivity index (χ0v) is 16.1. The number of anilines is 1. The quantitative estimate of drug-likeness (QED) is 0.477. The van der Waals surface area contributed by atoms with Gasteiger partial charge < -0.3 is 15.2 Å². The van der Waals surface area contributed by atoms with Crippen molar-refractivity contribution in [1.29, 1.82) is 0 Å². The highest BCUT2D eigenvalue weighted by Crippen LogP contribution is 2.32. The number of carbonyl (C=O) groups excluding carboxylic acids is 1. The van der Waals surface area contributed by atoms with Crippen LogP contribution in [0.3, 0.4) is 0 Å². The second-order valence-corrected chi connectivity index (χ2v) is 6.53. The smallest absolute Gasteiger partial charge is 0.255 e. The molecule has 0 saturated carbocycles. The molecular formula is C23H18N4O3. The minimum Gasteiger partial charge on any atom is -0.508 e. The van der Waals surface area contributed by atoms with Gasteiger partial charge >= 0.3 is 0 Å². The number of rotatable bonds is 5. The summed E-state index contributed by atoms with van der Waals surface area (Å²) in [6.45, 7) is 1.89. The topological polar surface area (TPSA) is 97.2 Å². The van der Waals surface area contributed by atoms with Crippen LogP contribution in [0.2, 0.25) is 0 Å². The summed E-state index contributed by atoms with van der Waals surface area (Å²) < 4.78 is 6.07. The van der Waals surface area contributed by atoms with E-state index in [4.69, 9.17) is 4.74 Å². The Balaban J connectivity index is 1.60. The third kappa shape index (κ3) is 4.25. The first kappa shape index (κ1) is 19.1. The van der Waals surface area contributed by atoms with Gasteiger partial charge in [0.25, 0.3) is 5.91 Å². The Morgan fingerprint density at radius 3 is 2.60 bits per heavy atom. The van der Waals surface area contributed by atoms with Gasteiger partial charge in [-0.25, -0.2) is 15.0 Å². The Morgan fingerprint density at radius 1 is 1.00 bits per heavy atom. The van der Waals surface area contributed by atoms with Gasteiger partial charge in [-0.1, -0.05) is 6.07 Å². The van der Waals surface area contributed by atoms with E-state index in [-0.39, 0.29) is 11.7 Å². The third-order valence-corrected chi connectivity index (χ3v) is 4.41. The predicted molar refractivity (Wildman–Crippen MR) is 113 cm³/mol. The van der Waals surface area contributed by atoms with E-state index in [0.717, 1.165) is 11.1 Å². The molecular weight excluding hydrogens is 380 g/mol. The van der Waals surface area contributed by atoms with Crippen molar-refractivity contribution in [2.45, 2.75) is 6.92 Å². The number of carbonyl (C=O) groups is 1. The van der Waals surface area contributed by atoms with Gasteiger partial charge in [0.1, 0.15) is 17.8 Å². The Morgan fingerprint density at radius 2 is 1.83 bits per heavy atom. The number of ether oxygens (including phenoxy) is 1. The molecule has 0 aliphatic rings. The first-order valence-electron chi connectivity index (χ1n) is 9.20. The van der Waals surface area contributed by atoms with E-state index in [1.807, 2.05) is 19.1 Å². The zero-order valence-electron chi connectivity index (χ0n) is 16.1. The first-order chi connectivity index (χ1) is 14.6. The molecule has 4 rings (SSSR count). The lowest BCUT2D eigenvalue weighted by molar-refractivity contribution is 0.102. The molecule has 0 bridgehead atoms. The fourth-order valence-corrected chi connectivity index (χ4v) is 2.82. The van der Waals surface area contributed by atoms with Crippen LogP contribution in [0.5, 0.6) is 17.4 Å². The van der Waals surface area contributed by atoms with Crippen LogP contribution in [0.1, 0.15) is 15.9 Å². The number of phenols is 1. The molecule has 0 aliphatic carbocycles. The van der Waals surface area contributed by atoms with E-state index in [2.05, 4.69) is 20.3 Å². The second-order valence-electron chi connectivity index (χ2n) is 6.53. The molecule has 0 atom stereocenters. The van der Waals surface area contributed by atoms with Crippen LogP contribution in [-0.2, 0) is 0 Å². The van der Waals surface area contributed by atoms with Crippen molar-refractivity contribution in [2.75, 3.05) is 5.32 Å². The fraction of sp³-hybridized carbons (Fsp3) is 0.0435. The Bertz CT molecular complexity index is 1180. The number of nitrogens with zero attached hydrogens (tertiary/aromatic N) is 3. The molecule has 148 valence electrons. The second kappa shape index (κ2) is 8.40. The van der Waals surface area contributed by atoms with Gasteiger partial charge in [0.05, 0.1) is 11.3 Å². The van der Waals surface area contributed by atoms with Crippen molar-refractivity contribution in [3.63, 3.8) is 0 Å². The summed E-state index contributed by atoms with van der Waals surface area (Å²) >= 11 is 0. The maximum absolute atomic E-state index is 12.6. The lowest BCUT2D eigenvalue weighted by atomic mass is 10.1. The van der Waals surface area contributed by atoms with E-state index in [0.29, 0.717) is 28.6 Å². The average molecular weight is 398 g/mol. The number of hydrogen-bond acceptors (Lipinski definition) is 6. The number of benzene rings is 2. The van der Waals surface area contributed by atoms with Gasteiger partial charge in [0, 0.05) is 23.6 Å². The van der Waals surface area contributed by atoms with Crippen LogP contribution >= 0.6 is 0 Å². The van der Waals surface area contributed by atoms with Gasteiger partial charge in [-0.3, -0.25) is 4.79 Å². The number of nitrogens with one attached hydrogen (secondary N) is 1. The van der Waals surface area contributed by atoms with Crippen LogP contribution in [0, 0.1) is 6.92 Å². The van der Waals surface area contributed by atoms with Crippen LogP contribution in [0.15, 0.2) is 79.4 Å². The van der Waals surface area contributed by atoms with Gasteiger partial charge in [-0.05, 0) is 67.1 Å². The number of aryl methyl sites for hydroxylation is 1. The average Bonchev–Trinajstić information content (AvgIpc) is 2.78. The molecule has 1 amide bonds.